The van der Waals surface area contributed by atoms with E-state index in [9.17, 15) is 4.79 Å². The summed E-state index contributed by atoms with van der Waals surface area (Å²) in [7, 11) is 0. The fraction of sp³-hybridized carbons (Fsp3) is 0.517. The van der Waals surface area contributed by atoms with E-state index < -0.39 is 5.97 Å². The van der Waals surface area contributed by atoms with E-state index >= 15 is 0 Å². The third kappa shape index (κ3) is 5.96. The van der Waals surface area contributed by atoms with Crippen molar-refractivity contribution in [2.75, 3.05) is 11.4 Å². The highest BCUT2D eigenvalue weighted by atomic mass is 16.4. The highest BCUT2D eigenvalue weighted by Crippen LogP contribution is 2.41. The zero-order valence-electron chi connectivity index (χ0n) is 19.6. The van der Waals surface area contributed by atoms with Gasteiger partial charge in [-0.15, -0.1) is 0 Å². The van der Waals surface area contributed by atoms with Crippen LogP contribution in [0.25, 0.3) is 6.08 Å². The van der Waals surface area contributed by atoms with Crippen molar-refractivity contribution in [2.24, 2.45) is 11.8 Å². The van der Waals surface area contributed by atoms with Gasteiger partial charge in [0.2, 0.25) is 0 Å². The molecular weight excluding hydrogens is 408 g/mol. The quantitative estimate of drug-likeness (QED) is 0.302. The van der Waals surface area contributed by atoms with Crippen LogP contribution in [0.15, 0.2) is 48.1 Å². The van der Waals surface area contributed by atoms with Gasteiger partial charge in [0.25, 0.3) is 0 Å². The first-order chi connectivity index (χ1) is 16.2. The van der Waals surface area contributed by atoms with Crippen molar-refractivity contribution in [2.45, 2.75) is 76.7 Å². The molecule has 1 aliphatic heterocycles. The number of hydrogen-bond donors (Lipinski definition) is 1. The molecule has 1 heterocycles. The van der Waals surface area contributed by atoms with Gasteiger partial charge in [-0.3, -0.25) is 0 Å². The molecule has 1 aromatic rings. The summed E-state index contributed by atoms with van der Waals surface area (Å²) in [6.45, 7) is 1.18. The van der Waals surface area contributed by atoms with Crippen LogP contribution in [0, 0.1) is 23.2 Å². The molecule has 0 saturated heterocycles. The van der Waals surface area contributed by atoms with Gasteiger partial charge in [0.15, 0.2) is 0 Å². The lowest BCUT2D eigenvalue weighted by Gasteiger charge is -2.43. The summed E-state index contributed by atoms with van der Waals surface area (Å²) in [4.78, 5) is 13.5. The second-order valence-corrected chi connectivity index (χ2v) is 9.89. The molecule has 0 radical (unpaired) electrons. The molecule has 0 unspecified atom stereocenters. The molecule has 2 aliphatic carbocycles. The molecule has 0 amide bonds. The molecule has 33 heavy (non-hydrogen) atoms. The third-order valence-electron chi connectivity index (χ3n) is 7.88. The predicted molar refractivity (Wildman–Crippen MR) is 134 cm³/mol. The molecule has 2 saturated carbocycles. The summed E-state index contributed by atoms with van der Waals surface area (Å²) in [5.41, 5.74) is 3.77. The number of carboxylic acids is 1. The second kappa shape index (κ2) is 11.4. The van der Waals surface area contributed by atoms with Gasteiger partial charge >= 0.3 is 5.97 Å². The summed E-state index contributed by atoms with van der Waals surface area (Å²) < 4.78 is 0. The van der Waals surface area contributed by atoms with Crippen molar-refractivity contribution in [1.29, 1.82) is 5.26 Å². The molecule has 0 aromatic heterocycles. The summed E-state index contributed by atoms with van der Waals surface area (Å²) in [5, 5.41) is 17.6. The molecule has 0 atom stereocenters. The number of nitrogens with zero attached hydrogens (tertiary/aromatic N) is 2. The number of rotatable bonds is 6. The zero-order valence-corrected chi connectivity index (χ0v) is 19.6. The van der Waals surface area contributed by atoms with Gasteiger partial charge in [-0.2, -0.15) is 5.26 Å². The molecule has 3 aliphatic rings. The molecule has 2 fully saturated rings. The van der Waals surface area contributed by atoms with E-state index in [4.69, 9.17) is 10.4 Å². The molecule has 4 heteroatoms. The Morgan fingerprint density at radius 2 is 1.73 bits per heavy atom. The van der Waals surface area contributed by atoms with E-state index in [2.05, 4.69) is 23.1 Å². The van der Waals surface area contributed by atoms with Gasteiger partial charge < -0.3 is 10.0 Å². The van der Waals surface area contributed by atoms with Crippen LogP contribution in [0.2, 0.25) is 0 Å². The van der Waals surface area contributed by atoms with E-state index in [-0.39, 0.29) is 5.57 Å². The van der Waals surface area contributed by atoms with Crippen LogP contribution >= 0.6 is 0 Å². The standard InChI is InChI=1S/C29H36N2O2/c30-21-26(29(32)33)11-6-1-3-8-22-13-18-28-25(20-22)12-7-19-31(28)27-16-14-24(15-17-27)23-9-4-2-5-10-23/h1,3,6,8,11,13,18,20,23-24,27H,2,4-5,7,9-10,12,14-17,19H2,(H,32,33). The van der Waals surface area contributed by atoms with E-state index in [1.54, 1.807) is 18.2 Å². The number of carboxylic acid groups (broad SMARTS) is 1. The first-order valence-electron chi connectivity index (χ1n) is 12.7. The van der Waals surface area contributed by atoms with Crippen LogP contribution in [-0.4, -0.2) is 23.7 Å². The number of aliphatic carboxylic acids is 1. The minimum atomic E-state index is -1.20. The first kappa shape index (κ1) is 23.4. The van der Waals surface area contributed by atoms with Crippen LogP contribution in [0.5, 0.6) is 0 Å². The Morgan fingerprint density at radius 3 is 2.45 bits per heavy atom. The highest BCUT2D eigenvalue weighted by molar-refractivity contribution is 5.91. The lowest BCUT2D eigenvalue weighted by Crippen LogP contribution is -2.42. The van der Waals surface area contributed by atoms with Crippen molar-refractivity contribution in [3.8, 4) is 6.07 Å². The molecule has 0 bridgehead atoms. The highest BCUT2D eigenvalue weighted by Gasteiger charge is 2.32. The molecule has 4 nitrogen and oxygen atoms in total. The van der Waals surface area contributed by atoms with Crippen molar-refractivity contribution in [3.63, 3.8) is 0 Å². The van der Waals surface area contributed by atoms with Gasteiger partial charge in [-0.05, 0) is 79.7 Å². The van der Waals surface area contributed by atoms with E-state index in [0.717, 1.165) is 23.8 Å². The Kier molecular flexibility index (Phi) is 8.05. The molecule has 4 rings (SSSR count). The molecule has 174 valence electrons. The maximum atomic E-state index is 10.8. The summed E-state index contributed by atoms with van der Waals surface area (Å²) >= 11 is 0. The van der Waals surface area contributed by atoms with Crippen LogP contribution in [-0.2, 0) is 11.2 Å². The number of nitriles is 1. The van der Waals surface area contributed by atoms with E-state index in [1.165, 1.54) is 88.1 Å². The number of benzene rings is 1. The average Bonchev–Trinajstić information content (AvgIpc) is 2.86. The first-order valence-corrected chi connectivity index (χ1v) is 12.7. The Bertz CT molecular complexity index is 954. The normalized spacial score (nSPS) is 24.7. The van der Waals surface area contributed by atoms with Gasteiger partial charge in [-0.25, -0.2) is 4.79 Å². The number of allylic oxidation sites excluding steroid dienone is 4. The molecular formula is C29H36N2O2. The minimum Gasteiger partial charge on any atom is -0.477 e. The van der Waals surface area contributed by atoms with Gasteiger partial charge in [0.1, 0.15) is 11.6 Å². The van der Waals surface area contributed by atoms with Gasteiger partial charge in [0, 0.05) is 18.3 Å². The van der Waals surface area contributed by atoms with Crippen LogP contribution in [0.1, 0.15) is 75.3 Å². The molecule has 0 spiro atoms. The Labute approximate surface area is 198 Å². The zero-order chi connectivity index (χ0) is 23.0. The van der Waals surface area contributed by atoms with Crippen molar-refractivity contribution < 1.29 is 9.90 Å². The average molecular weight is 445 g/mol. The van der Waals surface area contributed by atoms with E-state index in [1.807, 2.05) is 12.2 Å². The number of fused-ring (bicyclic) bond motifs is 1. The van der Waals surface area contributed by atoms with Crippen LogP contribution in [0.3, 0.4) is 0 Å². The maximum absolute atomic E-state index is 10.8. The smallest absolute Gasteiger partial charge is 0.346 e. The third-order valence-corrected chi connectivity index (χ3v) is 7.88. The fourth-order valence-electron chi connectivity index (χ4n) is 6.16. The largest absolute Gasteiger partial charge is 0.477 e. The van der Waals surface area contributed by atoms with Crippen molar-refractivity contribution in [1.82, 2.24) is 0 Å². The number of anilines is 1. The summed E-state index contributed by atoms with van der Waals surface area (Å²) in [5.74, 6) is 0.775. The predicted octanol–water partition coefficient (Wildman–Crippen LogP) is 6.68. The van der Waals surface area contributed by atoms with E-state index in [0.29, 0.717) is 6.04 Å². The maximum Gasteiger partial charge on any atom is 0.346 e. The summed E-state index contributed by atoms with van der Waals surface area (Å²) in [6, 6.07) is 9.15. The lowest BCUT2D eigenvalue weighted by atomic mass is 9.72. The molecule has 1 N–H and O–H groups in total. The second-order valence-electron chi connectivity index (χ2n) is 9.89. The Hall–Kier alpha value is -2.80. The number of aryl methyl sites for hydroxylation is 1. The van der Waals surface area contributed by atoms with Crippen LogP contribution < -0.4 is 4.90 Å². The van der Waals surface area contributed by atoms with Gasteiger partial charge in [0.05, 0.1) is 0 Å². The summed E-state index contributed by atoms with van der Waals surface area (Å²) in [6.07, 6.45) is 23.8. The monoisotopic (exact) mass is 444 g/mol. The van der Waals surface area contributed by atoms with Crippen LogP contribution in [0.4, 0.5) is 5.69 Å². The number of hydrogen-bond acceptors (Lipinski definition) is 3. The van der Waals surface area contributed by atoms with Crippen molar-refractivity contribution in [3.05, 3.63) is 59.2 Å². The van der Waals surface area contributed by atoms with Crippen molar-refractivity contribution >= 4 is 17.7 Å². The number of carbonyl (C=O) groups is 1. The topological polar surface area (TPSA) is 64.3 Å². The Balaban J connectivity index is 1.36. The molecule has 1 aromatic carbocycles. The Morgan fingerprint density at radius 1 is 0.970 bits per heavy atom. The lowest BCUT2D eigenvalue weighted by molar-refractivity contribution is -0.132. The minimum absolute atomic E-state index is 0.263. The fourth-order valence-corrected chi connectivity index (χ4v) is 6.16. The van der Waals surface area contributed by atoms with Gasteiger partial charge in [-0.1, -0.05) is 62.5 Å². The SMILES string of the molecule is N#CC(=CC=CC=Cc1ccc2c(c1)CCCN2C1CCC(C2CCCCC2)CC1)C(=O)O.